The Kier molecular flexibility index (Phi) is 5.18. The van der Waals surface area contributed by atoms with Crippen molar-refractivity contribution in [2.45, 2.75) is 31.8 Å². The first-order chi connectivity index (χ1) is 17.3. The van der Waals surface area contributed by atoms with Crippen LogP contribution >= 0.6 is 0 Å². The van der Waals surface area contributed by atoms with E-state index in [1.54, 1.807) is 31.3 Å². The van der Waals surface area contributed by atoms with Crippen LogP contribution in [0.4, 0.5) is 15.9 Å². The number of H-pyrrole nitrogens is 1. The molecule has 11 heteroatoms. The zero-order valence-electron chi connectivity index (χ0n) is 20.3. The van der Waals surface area contributed by atoms with Crippen molar-refractivity contribution in [2.75, 3.05) is 37.4 Å². The number of halogens is 1. The molecule has 186 valence electrons. The van der Waals surface area contributed by atoms with Gasteiger partial charge in [-0.05, 0) is 38.0 Å². The Morgan fingerprint density at radius 2 is 2.11 bits per heavy atom. The monoisotopic (exact) mass is 490 g/mol. The fourth-order valence-corrected chi connectivity index (χ4v) is 5.17. The summed E-state index contributed by atoms with van der Waals surface area (Å²) in [5.41, 5.74) is 9.36. The van der Waals surface area contributed by atoms with E-state index in [4.69, 9.17) is 15.5 Å². The van der Waals surface area contributed by atoms with Crippen molar-refractivity contribution in [3.63, 3.8) is 0 Å². The molecule has 2 aliphatic heterocycles. The Labute approximate surface area is 206 Å². The van der Waals surface area contributed by atoms with Gasteiger partial charge in [0.1, 0.15) is 23.0 Å². The van der Waals surface area contributed by atoms with Crippen LogP contribution in [0.15, 0.2) is 24.4 Å². The molecule has 1 amide bonds. The van der Waals surface area contributed by atoms with E-state index in [0.29, 0.717) is 51.5 Å². The average molecular weight is 491 g/mol. The van der Waals surface area contributed by atoms with E-state index in [-0.39, 0.29) is 29.8 Å². The summed E-state index contributed by atoms with van der Waals surface area (Å²) < 4.78 is 20.5. The number of hydrogen-bond donors (Lipinski definition) is 3. The van der Waals surface area contributed by atoms with E-state index in [1.807, 2.05) is 6.92 Å². The lowest BCUT2D eigenvalue weighted by Crippen LogP contribution is -2.43. The standard InChI is InChI=1S/C25H27FN8O2/c1-12-20-17(24(35)33(12)3)9-15(10-29-20)36-25-31-22-19(23(32-25)34-6-4-5-14(27)11-34)16-7-13(26)8-18(28-2)21(16)30-22/h7-10,12,14,28H,4-6,11,27H2,1-3H3,(H,30,31,32)/t12?,14-/m1/s1. The lowest BCUT2D eigenvalue weighted by Gasteiger charge is -2.32. The van der Waals surface area contributed by atoms with E-state index in [2.05, 4.69) is 25.2 Å². The number of fused-ring (bicyclic) bond motifs is 4. The number of amides is 1. The van der Waals surface area contributed by atoms with Gasteiger partial charge in [0.15, 0.2) is 0 Å². The number of ether oxygens (including phenoxy) is 1. The number of aromatic nitrogens is 4. The topological polar surface area (TPSA) is 125 Å². The fraction of sp³-hybridized carbons (Fsp3) is 0.360. The van der Waals surface area contributed by atoms with Gasteiger partial charge in [0.2, 0.25) is 0 Å². The number of hydrogen-bond acceptors (Lipinski definition) is 8. The number of piperidine rings is 1. The molecule has 1 unspecified atom stereocenters. The minimum Gasteiger partial charge on any atom is -0.423 e. The van der Waals surface area contributed by atoms with Crippen molar-refractivity contribution in [3.8, 4) is 11.8 Å². The molecule has 6 rings (SSSR count). The van der Waals surface area contributed by atoms with Crippen LogP contribution in [-0.2, 0) is 0 Å². The molecule has 0 spiro atoms. The zero-order valence-corrected chi connectivity index (χ0v) is 20.3. The number of anilines is 2. The van der Waals surface area contributed by atoms with Gasteiger partial charge in [-0.1, -0.05) is 0 Å². The van der Waals surface area contributed by atoms with Gasteiger partial charge in [-0.3, -0.25) is 9.78 Å². The fourth-order valence-electron chi connectivity index (χ4n) is 5.17. The maximum Gasteiger partial charge on any atom is 0.326 e. The van der Waals surface area contributed by atoms with Gasteiger partial charge in [-0.2, -0.15) is 9.97 Å². The third-order valence-electron chi connectivity index (χ3n) is 7.14. The maximum atomic E-state index is 14.5. The molecule has 0 aliphatic carbocycles. The van der Waals surface area contributed by atoms with Crippen molar-refractivity contribution < 1.29 is 13.9 Å². The number of carbonyl (C=O) groups is 1. The molecule has 2 aliphatic rings. The molecule has 10 nitrogen and oxygen atoms in total. The summed E-state index contributed by atoms with van der Waals surface area (Å²) in [5, 5.41) is 4.43. The van der Waals surface area contributed by atoms with E-state index in [9.17, 15) is 9.18 Å². The highest BCUT2D eigenvalue weighted by atomic mass is 19.1. The summed E-state index contributed by atoms with van der Waals surface area (Å²) in [6.45, 7) is 3.31. The van der Waals surface area contributed by atoms with Crippen LogP contribution in [0, 0.1) is 5.82 Å². The highest BCUT2D eigenvalue weighted by Crippen LogP contribution is 2.38. The summed E-state index contributed by atoms with van der Waals surface area (Å²) in [5.74, 6) is 0.528. The van der Waals surface area contributed by atoms with Gasteiger partial charge in [0.05, 0.1) is 40.1 Å². The number of nitrogens with zero attached hydrogens (tertiary/aromatic N) is 5. The van der Waals surface area contributed by atoms with Crippen LogP contribution in [0.5, 0.6) is 11.8 Å². The Balaban J connectivity index is 1.49. The molecule has 2 atom stereocenters. The molecule has 5 heterocycles. The Hall–Kier alpha value is -3.99. The first kappa shape index (κ1) is 22.5. The predicted molar refractivity (Wildman–Crippen MR) is 135 cm³/mol. The molecular weight excluding hydrogens is 463 g/mol. The largest absolute Gasteiger partial charge is 0.423 e. The summed E-state index contributed by atoms with van der Waals surface area (Å²) in [6.07, 6.45) is 3.43. The van der Waals surface area contributed by atoms with Gasteiger partial charge in [-0.15, -0.1) is 0 Å². The number of carbonyl (C=O) groups excluding carboxylic acids is 1. The third kappa shape index (κ3) is 3.49. The Bertz CT molecular complexity index is 1520. The molecule has 0 bridgehead atoms. The van der Waals surface area contributed by atoms with Crippen LogP contribution in [0.3, 0.4) is 0 Å². The Morgan fingerprint density at radius 1 is 1.28 bits per heavy atom. The lowest BCUT2D eigenvalue weighted by molar-refractivity contribution is 0.0783. The number of pyridine rings is 1. The van der Waals surface area contributed by atoms with Crippen molar-refractivity contribution >= 4 is 39.3 Å². The van der Waals surface area contributed by atoms with Crippen LogP contribution in [0.25, 0.3) is 21.9 Å². The summed E-state index contributed by atoms with van der Waals surface area (Å²) >= 11 is 0. The smallest absolute Gasteiger partial charge is 0.326 e. The number of nitrogens with one attached hydrogen (secondary N) is 2. The molecule has 1 fully saturated rings. The van der Waals surface area contributed by atoms with E-state index >= 15 is 0 Å². The predicted octanol–water partition coefficient (Wildman–Crippen LogP) is 3.55. The van der Waals surface area contributed by atoms with Crippen molar-refractivity contribution in [3.05, 3.63) is 41.5 Å². The highest BCUT2D eigenvalue weighted by molar-refractivity contribution is 6.14. The third-order valence-corrected chi connectivity index (χ3v) is 7.14. The number of benzene rings is 1. The van der Waals surface area contributed by atoms with Crippen LogP contribution in [0.1, 0.15) is 41.9 Å². The molecule has 0 radical (unpaired) electrons. The first-order valence-electron chi connectivity index (χ1n) is 12.0. The average Bonchev–Trinajstić information content (AvgIpc) is 3.33. The molecule has 4 aromatic rings. The van der Waals surface area contributed by atoms with Crippen LogP contribution in [0.2, 0.25) is 0 Å². The minimum absolute atomic E-state index is 0.00819. The molecule has 0 saturated carbocycles. The minimum atomic E-state index is -0.359. The lowest BCUT2D eigenvalue weighted by atomic mass is 10.1. The van der Waals surface area contributed by atoms with Gasteiger partial charge in [-0.25, -0.2) is 4.39 Å². The van der Waals surface area contributed by atoms with E-state index < -0.39 is 0 Å². The Morgan fingerprint density at radius 3 is 2.89 bits per heavy atom. The second kappa shape index (κ2) is 8.30. The number of nitrogens with two attached hydrogens (primary N) is 1. The molecule has 36 heavy (non-hydrogen) atoms. The molecule has 3 aromatic heterocycles. The van der Waals surface area contributed by atoms with Gasteiger partial charge < -0.3 is 30.6 Å². The maximum absolute atomic E-state index is 14.5. The van der Waals surface area contributed by atoms with Gasteiger partial charge in [0, 0.05) is 38.6 Å². The van der Waals surface area contributed by atoms with Crippen molar-refractivity contribution in [1.82, 2.24) is 24.8 Å². The first-order valence-corrected chi connectivity index (χ1v) is 12.0. The highest BCUT2D eigenvalue weighted by Gasteiger charge is 2.33. The number of aromatic amines is 1. The zero-order chi connectivity index (χ0) is 25.1. The molecule has 1 saturated heterocycles. The van der Waals surface area contributed by atoms with Crippen LogP contribution in [-0.4, -0.2) is 64.0 Å². The summed E-state index contributed by atoms with van der Waals surface area (Å²) in [7, 11) is 3.49. The second-order valence-corrected chi connectivity index (χ2v) is 9.45. The summed E-state index contributed by atoms with van der Waals surface area (Å²) in [6, 6.07) is 4.60. The van der Waals surface area contributed by atoms with Gasteiger partial charge >= 0.3 is 6.01 Å². The normalized spacial score (nSPS) is 19.9. The quantitative estimate of drug-likeness (QED) is 0.397. The van der Waals surface area contributed by atoms with Crippen LogP contribution < -0.4 is 20.7 Å². The molecule has 4 N–H and O–H groups in total. The SMILES string of the molecule is CNc1cc(F)cc2c1[nH]c1nc(Oc3cnc4c(c3)C(=O)N(C)C4C)nc(N3CCC[C@@H](N)C3)c12. The summed E-state index contributed by atoms with van der Waals surface area (Å²) in [4.78, 5) is 33.5. The number of rotatable bonds is 4. The van der Waals surface area contributed by atoms with Gasteiger partial charge in [0.25, 0.3) is 5.91 Å². The second-order valence-electron chi connectivity index (χ2n) is 9.45. The molecule has 1 aromatic carbocycles. The van der Waals surface area contributed by atoms with E-state index in [1.165, 1.54) is 12.1 Å². The van der Waals surface area contributed by atoms with E-state index in [0.717, 1.165) is 24.9 Å². The molecular formula is C25H27FN8O2. The van der Waals surface area contributed by atoms with Crippen molar-refractivity contribution in [1.29, 1.82) is 0 Å². The van der Waals surface area contributed by atoms with Crippen molar-refractivity contribution in [2.24, 2.45) is 5.73 Å².